The maximum absolute atomic E-state index is 4.00. The first-order valence-electron chi connectivity index (χ1n) is 5.98. The van der Waals surface area contributed by atoms with Gasteiger partial charge in [-0.2, -0.15) is 0 Å². The van der Waals surface area contributed by atoms with E-state index < -0.39 is 0 Å². The van der Waals surface area contributed by atoms with Gasteiger partial charge in [0.1, 0.15) is 0 Å². The molecule has 0 unspecified atom stereocenters. The molecule has 0 fully saturated rings. The fourth-order valence-electron chi connectivity index (χ4n) is 1.05. The zero-order valence-electron chi connectivity index (χ0n) is 11.6. The fraction of sp³-hybridized carbons (Fsp3) is 0.294. The number of hydrogen-bond acceptors (Lipinski definition) is 0. The van der Waals surface area contributed by atoms with Crippen LogP contribution in [0.25, 0.3) is 0 Å². The molecule has 0 spiro atoms. The summed E-state index contributed by atoms with van der Waals surface area (Å²) in [5.74, 6) is 0. The largest absolute Gasteiger partial charge is 0.0912 e. The zero-order chi connectivity index (χ0) is 13.3. The number of rotatable bonds is 6. The number of allylic oxidation sites excluding steroid dienone is 10. The minimum absolute atomic E-state index is 0.959. The topological polar surface area (TPSA) is 0 Å². The molecule has 0 aromatic rings. The average molecular weight is 228 g/mol. The molecule has 0 aliphatic rings. The first-order valence-corrected chi connectivity index (χ1v) is 5.98. The predicted octanol–water partition coefficient (Wildman–Crippen LogP) is 5.53. The highest BCUT2D eigenvalue weighted by atomic mass is 14.0. The Kier molecular flexibility index (Phi) is 7.79. The minimum Gasteiger partial charge on any atom is -0.0912 e. The molecule has 0 heteroatoms. The SMILES string of the molecule is C=C(/C=C\C/C(C)=C\C)C(=C)/C=C\C(C)=C/C. The molecule has 0 nitrogen and oxygen atoms in total. The lowest BCUT2D eigenvalue weighted by atomic mass is 10.1. The highest BCUT2D eigenvalue weighted by Crippen LogP contribution is 2.11. The molecule has 92 valence electrons. The van der Waals surface area contributed by atoms with E-state index in [-0.39, 0.29) is 0 Å². The molecule has 0 aromatic heterocycles. The zero-order valence-corrected chi connectivity index (χ0v) is 11.6. The van der Waals surface area contributed by atoms with Gasteiger partial charge < -0.3 is 0 Å². The summed E-state index contributed by atoms with van der Waals surface area (Å²) in [6, 6.07) is 0. The van der Waals surface area contributed by atoms with Crippen LogP contribution < -0.4 is 0 Å². The predicted molar refractivity (Wildman–Crippen MR) is 80.0 cm³/mol. The van der Waals surface area contributed by atoms with Crippen molar-refractivity contribution in [1.29, 1.82) is 0 Å². The summed E-state index contributed by atoms with van der Waals surface area (Å²) in [6.45, 7) is 16.3. The summed E-state index contributed by atoms with van der Waals surface area (Å²) in [6.07, 6.45) is 13.4. The Morgan fingerprint density at radius 2 is 1.47 bits per heavy atom. The van der Waals surface area contributed by atoms with E-state index in [9.17, 15) is 0 Å². The van der Waals surface area contributed by atoms with Gasteiger partial charge in [-0.1, -0.05) is 60.8 Å². The summed E-state index contributed by atoms with van der Waals surface area (Å²) in [5.41, 5.74) is 4.52. The molecule has 0 aliphatic heterocycles. The quantitative estimate of drug-likeness (QED) is 0.414. The van der Waals surface area contributed by atoms with E-state index in [1.165, 1.54) is 11.1 Å². The highest BCUT2D eigenvalue weighted by Gasteiger charge is 1.91. The molecule has 0 atom stereocenters. The van der Waals surface area contributed by atoms with Crippen molar-refractivity contribution in [3.63, 3.8) is 0 Å². The van der Waals surface area contributed by atoms with E-state index in [2.05, 4.69) is 58.2 Å². The van der Waals surface area contributed by atoms with Gasteiger partial charge in [0.05, 0.1) is 0 Å². The molecule has 0 saturated heterocycles. The van der Waals surface area contributed by atoms with Gasteiger partial charge in [-0.25, -0.2) is 0 Å². The third kappa shape index (κ3) is 7.35. The van der Waals surface area contributed by atoms with Crippen molar-refractivity contribution >= 4 is 0 Å². The van der Waals surface area contributed by atoms with Crippen LogP contribution in [0.1, 0.15) is 34.1 Å². The van der Waals surface area contributed by atoms with E-state index in [1.807, 2.05) is 19.1 Å². The second-order valence-corrected chi connectivity index (χ2v) is 4.16. The Balaban J connectivity index is 4.34. The summed E-state index contributed by atoms with van der Waals surface area (Å²) >= 11 is 0. The summed E-state index contributed by atoms with van der Waals surface area (Å²) in [7, 11) is 0. The monoisotopic (exact) mass is 228 g/mol. The van der Waals surface area contributed by atoms with Crippen molar-refractivity contribution in [3.05, 3.63) is 71.9 Å². The van der Waals surface area contributed by atoms with Crippen molar-refractivity contribution in [2.45, 2.75) is 34.1 Å². The molecule has 17 heavy (non-hydrogen) atoms. The first-order chi connectivity index (χ1) is 8.01. The lowest BCUT2D eigenvalue weighted by molar-refractivity contribution is 1.20. The Morgan fingerprint density at radius 1 is 0.882 bits per heavy atom. The average Bonchev–Trinajstić information content (AvgIpc) is 2.34. The van der Waals surface area contributed by atoms with Crippen LogP contribution in [0.3, 0.4) is 0 Å². The van der Waals surface area contributed by atoms with E-state index >= 15 is 0 Å². The molecule has 0 saturated carbocycles. The second-order valence-electron chi connectivity index (χ2n) is 4.16. The molecule has 0 amide bonds. The van der Waals surface area contributed by atoms with E-state index in [0.717, 1.165) is 17.6 Å². The maximum Gasteiger partial charge on any atom is -0.0138 e. The molecular weight excluding hydrogens is 204 g/mol. The third-order valence-electron chi connectivity index (χ3n) is 2.67. The Labute approximate surface area is 106 Å². The maximum atomic E-state index is 4.00. The van der Waals surface area contributed by atoms with E-state index in [4.69, 9.17) is 0 Å². The standard InChI is InChI=1S/C17H24/c1-7-14(3)10-9-11-16(5)17(6)13-12-15(4)8-2/h7-9,11-13H,5-6,10H2,1-4H3/b11-9-,13-12-,14-7-,15-8-. The molecule has 0 aliphatic carbocycles. The van der Waals surface area contributed by atoms with Gasteiger partial charge in [-0.05, 0) is 45.3 Å². The van der Waals surface area contributed by atoms with Crippen LogP contribution in [0.2, 0.25) is 0 Å². The van der Waals surface area contributed by atoms with Crippen LogP contribution in [-0.4, -0.2) is 0 Å². The first kappa shape index (κ1) is 15.4. The van der Waals surface area contributed by atoms with Gasteiger partial charge in [0.25, 0.3) is 0 Å². The second kappa shape index (κ2) is 8.58. The van der Waals surface area contributed by atoms with Crippen LogP contribution in [0.4, 0.5) is 0 Å². The van der Waals surface area contributed by atoms with Crippen LogP contribution in [-0.2, 0) is 0 Å². The molecular formula is C17H24. The van der Waals surface area contributed by atoms with Gasteiger partial charge in [0, 0.05) is 0 Å². The van der Waals surface area contributed by atoms with Crippen LogP contribution in [0.5, 0.6) is 0 Å². The van der Waals surface area contributed by atoms with Crippen molar-refractivity contribution < 1.29 is 0 Å². The van der Waals surface area contributed by atoms with E-state index in [1.54, 1.807) is 0 Å². The molecule has 0 aromatic carbocycles. The molecule has 0 radical (unpaired) electrons. The Morgan fingerprint density at radius 3 is 2.00 bits per heavy atom. The van der Waals surface area contributed by atoms with Crippen molar-refractivity contribution in [1.82, 2.24) is 0 Å². The van der Waals surface area contributed by atoms with Gasteiger partial charge in [-0.3, -0.25) is 0 Å². The Bertz CT molecular complexity index is 384. The van der Waals surface area contributed by atoms with Crippen molar-refractivity contribution in [2.75, 3.05) is 0 Å². The lowest BCUT2D eigenvalue weighted by Crippen LogP contribution is -1.79. The summed E-state index contributed by atoms with van der Waals surface area (Å²) < 4.78 is 0. The normalized spacial score (nSPS) is 13.6. The lowest BCUT2D eigenvalue weighted by Gasteiger charge is -1.99. The van der Waals surface area contributed by atoms with Gasteiger partial charge in [0.2, 0.25) is 0 Å². The van der Waals surface area contributed by atoms with Crippen LogP contribution >= 0.6 is 0 Å². The van der Waals surface area contributed by atoms with Gasteiger partial charge in [0.15, 0.2) is 0 Å². The highest BCUT2D eigenvalue weighted by molar-refractivity contribution is 5.44. The van der Waals surface area contributed by atoms with Crippen LogP contribution in [0.15, 0.2) is 71.9 Å². The smallest absolute Gasteiger partial charge is 0.0138 e. The van der Waals surface area contributed by atoms with Crippen LogP contribution in [0, 0.1) is 0 Å². The van der Waals surface area contributed by atoms with Gasteiger partial charge >= 0.3 is 0 Å². The molecule has 0 rings (SSSR count). The van der Waals surface area contributed by atoms with Gasteiger partial charge in [-0.15, -0.1) is 0 Å². The van der Waals surface area contributed by atoms with E-state index in [0.29, 0.717) is 0 Å². The summed E-state index contributed by atoms with van der Waals surface area (Å²) in [5, 5.41) is 0. The Hall–Kier alpha value is -1.56. The number of hydrogen-bond donors (Lipinski definition) is 0. The molecule has 0 N–H and O–H groups in total. The third-order valence-corrected chi connectivity index (χ3v) is 2.67. The minimum atomic E-state index is 0.959. The van der Waals surface area contributed by atoms with Crippen molar-refractivity contribution in [3.8, 4) is 0 Å². The summed E-state index contributed by atoms with van der Waals surface area (Å²) in [4.78, 5) is 0. The molecule has 0 heterocycles. The molecule has 0 bridgehead atoms. The fourth-order valence-corrected chi connectivity index (χ4v) is 1.05. The van der Waals surface area contributed by atoms with Crippen molar-refractivity contribution in [2.24, 2.45) is 0 Å².